The number of nitrogens with one attached hydrogen (secondary N) is 1. The van der Waals surface area contributed by atoms with Gasteiger partial charge in [-0.2, -0.15) is 0 Å². The molecule has 0 bridgehead atoms. The first-order valence-electron chi connectivity index (χ1n) is 7.10. The predicted octanol–water partition coefficient (Wildman–Crippen LogP) is 1.75. The summed E-state index contributed by atoms with van der Waals surface area (Å²) in [6.07, 6.45) is 4.16. The van der Waals surface area contributed by atoms with Crippen LogP contribution in [-0.4, -0.2) is 54.6 Å². The van der Waals surface area contributed by atoms with Crippen molar-refractivity contribution < 1.29 is 0 Å². The van der Waals surface area contributed by atoms with Crippen LogP contribution in [0.15, 0.2) is 6.33 Å². The molecule has 0 saturated carbocycles. The van der Waals surface area contributed by atoms with Crippen LogP contribution in [0.5, 0.6) is 0 Å². The van der Waals surface area contributed by atoms with E-state index < -0.39 is 0 Å². The van der Waals surface area contributed by atoms with Crippen LogP contribution < -0.4 is 10.2 Å². The molecule has 0 amide bonds. The van der Waals surface area contributed by atoms with E-state index in [-0.39, 0.29) is 0 Å². The number of piperidine rings is 1. The monoisotopic (exact) mass is 263 g/mol. The minimum atomic E-state index is 0.616. The molecule has 2 heterocycles. The van der Waals surface area contributed by atoms with E-state index in [1.165, 1.54) is 12.8 Å². The van der Waals surface area contributed by atoms with E-state index in [1.54, 1.807) is 6.33 Å². The first-order valence-corrected chi connectivity index (χ1v) is 7.10. The van der Waals surface area contributed by atoms with Crippen molar-refractivity contribution in [2.24, 2.45) is 0 Å². The standard InChI is InChI=1S/C14H25N5/c1-5-15-13-11(2)14(17-10-16-13)19-8-6-7-12(9-19)18(3)4/h10,12H,5-9H2,1-4H3,(H,15,16,17). The van der Waals surface area contributed by atoms with E-state index in [0.29, 0.717) is 6.04 Å². The Morgan fingerprint density at radius 3 is 2.89 bits per heavy atom. The first kappa shape index (κ1) is 14.1. The fourth-order valence-corrected chi connectivity index (χ4v) is 2.67. The second kappa shape index (κ2) is 6.19. The average Bonchev–Trinajstić information content (AvgIpc) is 2.41. The molecule has 1 fully saturated rings. The van der Waals surface area contributed by atoms with Gasteiger partial charge >= 0.3 is 0 Å². The van der Waals surface area contributed by atoms with Crippen LogP contribution >= 0.6 is 0 Å². The molecule has 1 aliphatic rings. The van der Waals surface area contributed by atoms with Crippen molar-refractivity contribution in [2.45, 2.75) is 32.7 Å². The summed E-state index contributed by atoms with van der Waals surface area (Å²) in [5, 5.41) is 3.30. The second-order valence-electron chi connectivity index (χ2n) is 5.41. The SMILES string of the molecule is CCNc1ncnc(N2CCCC(N(C)C)C2)c1C. The predicted molar refractivity (Wildman–Crippen MR) is 79.9 cm³/mol. The molecule has 0 spiro atoms. The first-order chi connectivity index (χ1) is 9.13. The van der Waals surface area contributed by atoms with Gasteiger partial charge in [0.15, 0.2) is 0 Å². The Hall–Kier alpha value is -1.36. The van der Waals surface area contributed by atoms with Gasteiger partial charge in [-0.15, -0.1) is 0 Å². The summed E-state index contributed by atoms with van der Waals surface area (Å²) in [6, 6.07) is 0.616. The van der Waals surface area contributed by atoms with Gasteiger partial charge in [0.05, 0.1) is 0 Å². The molecular weight excluding hydrogens is 238 g/mol. The molecule has 19 heavy (non-hydrogen) atoms. The van der Waals surface area contributed by atoms with Crippen LogP contribution in [0.25, 0.3) is 0 Å². The molecule has 106 valence electrons. The fraction of sp³-hybridized carbons (Fsp3) is 0.714. The van der Waals surface area contributed by atoms with E-state index in [0.717, 1.165) is 36.8 Å². The molecule has 1 aliphatic heterocycles. The molecule has 0 aromatic carbocycles. The van der Waals surface area contributed by atoms with Crippen LogP contribution in [-0.2, 0) is 0 Å². The Kier molecular flexibility index (Phi) is 4.58. The van der Waals surface area contributed by atoms with E-state index in [2.05, 4.69) is 53.0 Å². The van der Waals surface area contributed by atoms with E-state index in [1.807, 2.05) is 0 Å². The highest BCUT2D eigenvalue weighted by molar-refractivity contribution is 5.58. The Morgan fingerprint density at radius 1 is 1.42 bits per heavy atom. The van der Waals surface area contributed by atoms with Gasteiger partial charge in [-0.1, -0.05) is 0 Å². The summed E-state index contributed by atoms with van der Waals surface area (Å²) in [5.74, 6) is 2.04. The molecule has 1 aromatic rings. The van der Waals surface area contributed by atoms with Crippen molar-refractivity contribution in [3.05, 3.63) is 11.9 Å². The van der Waals surface area contributed by atoms with Crippen LogP contribution in [0.3, 0.4) is 0 Å². The molecule has 0 aliphatic carbocycles. The number of hydrogen-bond acceptors (Lipinski definition) is 5. The van der Waals surface area contributed by atoms with Crippen molar-refractivity contribution >= 4 is 11.6 Å². The molecule has 5 nitrogen and oxygen atoms in total. The number of nitrogens with zero attached hydrogens (tertiary/aromatic N) is 4. The van der Waals surface area contributed by atoms with Gasteiger partial charge in [-0.3, -0.25) is 0 Å². The van der Waals surface area contributed by atoms with Crippen molar-refractivity contribution in [1.29, 1.82) is 0 Å². The van der Waals surface area contributed by atoms with Crippen LogP contribution in [0.2, 0.25) is 0 Å². The van der Waals surface area contributed by atoms with Gasteiger partial charge in [0.2, 0.25) is 0 Å². The normalized spacial score (nSPS) is 19.8. The Morgan fingerprint density at radius 2 is 2.21 bits per heavy atom. The maximum atomic E-state index is 4.49. The molecule has 1 atom stereocenters. The highest BCUT2D eigenvalue weighted by Gasteiger charge is 2.24. The molecule has 5 heteroatoms. The third-order valence-corrected chi connectivity index (χ3v) is 3.83. The minimum Gasteiger partial charge on any atom is -0.370 e. The molecule has 0 radical (unpaired) electrons. The van der Waals surface area contributed by atoms with Gasteiger partial charge in [0.1, 0.15) is 18.0 Å². The van der Waals surface area contributed by atoms with Crippen molar-refractivity contribution in [1.82, 2.24) is 14.9 Å². The topological polar surface area (TPSA) is 44.3 Å². The lowest BCUT2D eigenvalue weighted by Gasteiger charge is -2.37. The molecule has 1 N–H and O–H groups in total. The van der Waals surface area contributed by atoms with Crippen molar-refractivity contribution in [2.75, 3.05) is 43.9 Å². The largest absolute Gasteiger partial charge is 0.370 e. The summed E-state index contributed by atoms with van der Waals surface area (Å²) in [5.41, 5.74) is 1.16. The molecule has 2 rings (SSSR count). The minimum absolute atomic E-state index is 0.616. The van der Waals surface area contributed by atoms with Crippen LogP contribution in [0, 0.1) is 6.92 Å². The number of hydrogen-bond donors (Lipinski definition) is 1. The maximum Gasteiger partial charge on any atom is 0.137 e. The zero-order valence-corrected chi connectivity index (χ0v) is 12.5. The highest BCUT2D eigenvalue weighted by Crippen LogP contribution is 2.25. The number of anilines is 2. The van der Waals surface area contributed by atoms with Crippen LogP contribution in [0.4, 0.5) is 11.6 Å². The van der Waals surface area contributed by atoms with Gasteiger partial charge < -0.3 is 15.1 Å². The third-order valence-electron chi connectivity index (χ3n) is 3.83. The summed E-state index contributed by atoms with van der Waals surface area (Å²) in [7, 11) is 4.32. The smallest absolute Gasteiger partial charge is 0.137 e. The second-order valence-corrected chi connectivity index (χ2v) is 5.41. The van der Waals surface area contributed by atoms with Gasteiger partial charge in [0.25, 0.3) is 0 Å². The summed E-state index contributed by atoms with van der Waals surface area (Å²) >= 11 is 0. The Labute approximate surface area is 116 Å². The summed E-state index contributed by atoms with van der Waals surface area (Å²) in [6.45, 7) is 7.22. The molecule has 1 saturated heterocycles. The van der Waals surface area contributed by atoms with Crippen LogP contribution in [0.1, 0.15) is 25.3 Å². The van der Waals surface area contributed by atoms with Gasteiger partial charge in [0, 0.05) is 31.2 Å². The fourth-order valence-electron chi connectivity index (χ4n) is 2.67. The summed E-state index contributed by atoms with van der Waals surface area (Å²) in [4.78, 5) is 13.5. The lowest BCUT2D eigenvalue weighted by atomic mass is 10.0. The molecule has 1 aromatic heterocycles. The lowest BCUT2D eigenvalue weighted by molar-refractivity contribution is 0.257. The van der Waals surface area contributed by atoms with E-state index >= 15 is 0 Å². The Balaban J connectivity index is 2.19. The zero-order valence-electron chi connectivity index (χ0n) is 12.5. The Bertz CT molecular complexity index is 418. The summed E-state index contributed by atoms with van der Waals surface area (Å²) < 4.78 is 0. The van der Waals surface area contributed by atoms with E-state index in [9.17, 15) is 0 Å². The van der Waals surface area contributed by atoms with E-state index in [4.69, 9.17) is 0 Å². The number of likely N-dealkylation sites (N-methyl/N-ethyl adjacent to an activating group) is 1. The average molecular weight is 263 g/mol. The van der Waals surface area contributed by atoms with Gasteiger partial charge in [-0.05, 0) is 40.8 Å². The maximum absolute atomic E-state index is 4.49. The quantitative estimate of drug-likeness (QED) is 0.896. The molecule has 1 unspecified atom stereocenters. The highest BCUT2D eigenvalue weighted by atomic mass is 15.2. The van der Waals surface area contributed by atoms with Crippen molar-refractivity contribution in [3.63, 3.8) is 0 Å². The third kappa shape index (κ3) is 3.15. The van der Waals surface area contributed by atoms with Crippen molar-refractivity contribution in [3.8, 4) is 0 Å². The number of rotatable bonds is 4. The zero-order chi connectivity index (χ0) is 13.8. The molecular formula is C14H25N5. The number of aromatic nitrogens is 2. The lowest BCUT2D eigenvalue weighted by Crippen LogP contribution is -2.45. The van der Waals surface area contributed by atoms with Gasteiger partial charge in [-0.25, -0.2) is 9.97 Å².